The smallest absolute Gasteiger partial charge is 0.0326 e. The van der Waals surface area contributed by atoms with E-state index < -0.39 is 0 Å². The highest BCUT2D eigenvalue weighted by molar-refractivity contribution is 5.32. The fourth-order valence-corrected chi connectivity index (χ4v) is 2.73. The van der Waals surface area contributed by atoms with Gasteiger partial charge in [0.15, 0.2) is 0 Å². The summed E-state index contributed by atoms with van der Waals surface area (Å²) < 4.78 is 0. The molecule has 1 aliphatic carbocycles. The molecule has 1 nitrogen and oxygen atoms in total. The fraction of sp³-hybridized carbons (Fsp3) is 0.571. The van der Waals surface area contributed by atoms with Crippen molar-refractivity contribution in [1.29, 1.82) is 0 Å². The molecule has 0 saturated heterocycles. The van der Waals surface area contributed by atoms with E-state index in [-0.39, 0.29) is 6.04 Å². The summed E-state index contributed by atoms with van der Waals surface area (Å²) in [6.07, 6.45) is 3.73. The Labute approximate surface area is 92.7 Å². The van der Waals surface area contributed by atoms with Gasteiger partial charge in [0.2, 0.25) is 0 Å². The third kappa shape index (κ3) is 2.23. The summed E-state index contributed by atoms with van der Waals surface area (Å²) in [5.41, 5.74) is 9.19. The van der Waals surface area contributed by atoms with E-state index in [2.05, 4.69) is 38.1 Å². The van der Waals surface area contributed by atoms with E-state index in [0.29, 0.717) is 5.92 Å². The highest BCUT2D eigenvalue weighted by Gasteiger charge is 2.26. The summed E-state index contributed by atoms with van der Waals surface area (Å²) in [7, 11) is 0. The van der Waals surface area contributed by atoms with Gasteiger partial charge < -0.3 is 5.73 Å². The summed E-state index contributed by atoms with van der Waals surface area (Å²) >= 11 is 0. The molecule has 2 atom stereocenters. The molecule has 1 heteroatoms. The number of aryl methyl sites for hydroxylation is 1. The molecule has 0 aromatic heterocycles. The van der Waals surface area contributed by atoms with E-state index in [1.54, 1.807) is 0 Å². The minimum atomic E-state index is 0.261. The van der Waals surface area contributed by atoms with Crippen molar-refractivity contribution in [2.75, 3.05) is 0 Å². The van der Waals surface area contributed by atoms with Crippen LogP contribution >= 0.6 is 0 Å². The second-order valence-corrected chi connectivity index (χ2v) is 5.15. The second kappa shape index (κ2) is 4.36. The monoisotopic (exact) mass is 203 g/mol. The van der Waals surface area contributed by atoms with Gasteiger partial charge in [-0.3, -0.25) is 0 Å². The van der Waals surface area contributed by atoms with Crippen LogP contribution in [0, 0.1) is 11.8 Å². The van der Waals surface area contributed by atoms with E-state index >= 15 is 0 Å². The van der Waals surface area contributed by atoms with Gasteiger partial charge in [0.1, 0.15) is 0 Å². The predicted molar refractivity (Wildman–Crippen MR) is 64.6 cm³/mol. The van der Waals surface area contributed by atoms with Crippen LogP contribution in [0.1, 0.15) is 43.9 Å². The fourth-order valence-electron chi connectivity index (χ4n) is 2.73. The van der Waals surface area contributed by atoms with Crippen molar-refractivity contribution < 1.29 is 0 Å². The van der Waals surface area contributed by atoms with Crippen LogP contribution in [-0.2, 0) is 6.42 Å². The first-order valence-corrected chi connectivity index (χ1v) is 6.02. The summed E-state index contributed by atoms with van der Waals surface area (Å²) in [6, 6.07) is 8.91. The molecular weight excluding hydrogens is 182 g/mol. The van der Waals surface area contributed by atoms with E-state index in [0.717, 1.165) is 5.92 Å². The standard InChI is InChI=1S/C14H21N/c1-10(2)9-12-8-7-11-5-3-4-6-13(11)14(12)15/h3-6,10,12,14H,7-9,15H2,1-2H3. The molecule has 2 N–H and O–H groups in total. The number of hydrogen-bond acceptors (Lipinski definition) is 1. The zero-order valence-electron chi connectivity index (χ0n) is 9.74. The largest absolute Gasteiger partial charge is 0.324 e. The van der Waals surface area contributed by atoms with Gasteiger partial charge >= 0.3 is 0 Å². The SMILES string of the molecule is CC(C)CC1CCc2ccccc2C1N. The Morgan fingerprint density at radius 2 is 2.07 bits per heavy atom. The van der Waals surface area contributed by atoms with Gasteiger partial charge in [0.25, 0.3) is 0 Å². The number of rotatable bonds is 2. The molecule has 0 radical (unpaired) electrons. The van der Waals surface area contributed by atoms with Crippen LogP contribution in [0.15, 0.2) is 24.3 Å². The second-order valence-electron chi connectivity index (χ2n) is 5.15. The van der Waals surface area contributed by atoms with Gasteiger partial charge in [-0.15, -0.1) is 0 Å². The quantitative estimate of drug-likeness (QED) is 0.784. The first-order valence-electron chi connectivity index (χ1n) is 6.02. The van der Waals surface area contributed by atoms with E-state index in [1.807, 2.05) is 0 Å². The first-order chi connectivity index (χ1) is 7.18. The summed E-state index contributed by atoms with van der Waals surface area (Å²) in [6.45, 7) is 4.57. The molecule has 0 amide bonds. The van der Waals surface area contributed by atoms with Crippen LogP contribution in [0.5, 0.6) is 0 Å². The Bertz CT molecular complexity index is 330. The minimum absolute atomic E-state index is 0.261. The molecule has 1 aromatic carbocycles. The number of benzene rings is 1. The minimum Gasteiger partial charge on any atom is -0.324 e. The highest BCUT2D eigenvalue weighted by atomic mass is 14.7. The molecule has 0 aliphatic heterocycles. The number of fused-ring (bicyclic) bond motifs is 1. The Morgan fingerprint density at radius 1 is 1.33 bits per heavy atom. The third-order valence-corrected chi connectivity index (χ3v) is 3.48. The third-order valence-electron chi connectivity index (χ3n) is 3.48. The van der Waals surface area contributed by atoms with Gasteiger partial charge in [-0.2, -0.15) is 0 Å². The maximum Gasteiger partial charge on any atom is 0.0326 e. The van der Waals surface area contributed by atoms with Crippen molar-refractivity contribution >= 4 is 0 Å². The molecule has 0 bridgehead atoms. The van der Waals surface area contributed by atoms with Crippen molar-refractivity contribution in [2.45, 2.75) is 39.2 Å². The number of hydrogen-bond donors (Lipinski definition) is 1. The summed E-state index contributed by atoms with van der Waals surface area (Å²) in [5.74, 6) is 1.44. The molecule has 0 spiro atoms. The predicted octanol–water partition coefficient (Wildman–Crippen LogP) is 3.29. The lowest BCUT2D eigenvalue weighted by molar-refractivity contribution is 0.314. The maximum absolute atomic E-state index is 6.34. The molecule has 2 unspecified atom stereocenters. The van der Waals surface area contributed by atoms with Crippen LogP contribution in [0.25, 0.3) is 0 Å². The van der Waals surface area contributed by atoms with Gasteiger partial charge in [-0.1, -0.05) is 38.1 Å². The van der Waals surface area contributed by atoms with E-state index in [4.69, 9.17) is 5.73 Å². The van der Waals surface area contributed by atoms with Crippen LogP contribution in [0.4, 0.5) is 0 Å². The summed E-state index contributed by atoms with van der Waals surface area (Å²) in [5, 5.41) is 0. The van der Waals surface area contributed by atoms with Gasteiger partial charge in [-0.25, -0.2) is 0 Å². The molecule has 1 aromatic rings. The molecule has 2 rings (SSSR count). The molecule has 15 heavy (non-hydrogen) atoms. The molecule has 1 aliphatic rings. The Kier molecular flexibility index (Phi) is 3.11. The highest BCUT2D eigenvalue weighted by Crippen LogP contribution is 2.35. The van der Waals surface area contributed by atoms with Crippen molar-refractivity contribution in [2.24, 2.45) is 17.6 Å². The molecule has 0 fully saturated rings. The van der Waals surface area contributed by atoms with Crippen molar-refractivity contribution in [3.05, 3.63) is 35.4 Å². The van der Waals surface area contributed by atoms with Crippen LogP contribution in [0.3, 0.4) is 0 Å². The first kappa shape index (κ1) is 10.7. The molecular formula is C14H21N. The molecule has 0 heterocycles. The normalized spacial score (nSPS) is 25.3. The number of nitrogens with two attached hydrogens (primary N) is 1. The Hall–Kier alpha value is -0.820. The Balaban J connectivity index is 2.18. The lowest BCUT2D eigenvalue weighted by Gasteiger charge is -2.32. The topological polar surface area (TPSA) is 26.0 Å². The Morgan fingerprint density at radius 3 is 2.80 bits per heavy atom. The summed E-state index contributed by atoms with van der Waals surface area (Å²) in [4.78, 5) is 0. The van der Waals surface area contributed by atoms with Crippen molar-refractivity contribution in [3.63, 3.8) is 0 Å². The molecule has 0 saturated carbocycles. The lowest BCUT2D eigenvalue weighted by Crippen LogP contribution is -2.28. The zero-order valence-corrected chi connectivity index (χ0v) is 9.74. The van der Waals surface area contributed by atoms with Gasteiger partial charge in [0, 0.05) is 6.04 Å². The van der Waals surface area contributed by atoms with Crippen LogP contribution < -0.4 is 5.73 Å². The zero-order chi connectivity index (χ0) is 10.8. The van der Waals surface area contributed by atoms with E-state index in [9.17, 15) is 0 Å². The lowest BCUT2D eigenvalue weighted by atomic mass is 9.77. The van der Waals surface area contributed by atoms with Crippen LogP contribution in [0.2, 0.25) is 0 Å². The average molecular weight is 203 g/mol. The van der Waals surface area contributed by atoms with Crippen LogP contribution in [-0.4, -0.2) is 0 Å². The molecule has 82 valence electrons. The van der Waals surface area contributed by atoms with E-state index in [1.165, 1.54) is 30.4 Å². The van der Waals surface area contributed by atoms with Gasteiger partial charge in [-0.05, 0) is 42.2 Å². The average Bonchev–Trinajstić information content (AvgIpc) is 2.22. The van der Waals surface area contributed by atoms with Crippen molar-refractivity contribution in [3.8, 4) is 0 Å². The maximum atomic E-state index is 6.34. The van der Waals surface area contributed by atoms with Gasteiger partial charge in [0.05, 0.1) is 0 Å². The van der Waals surface area contributed by atoms with Crippen molar-refractivity contribution in [1.82, 2.24) is 0 Å².